The van der Waals surface area contributed by atoms with Crippen LogP contribution in [-0.4, -0.2) is 29.9 Å². The summed E-state index contributed by atoms with van der Waals surface area (Å²) in [4.78, 5) is 12.7. The van der Waals surface area contributed by atoms with Crippen LogP contribution in [0.1, 0.15) is 20.8 Å². The molecular weight excluding hydrogens is 128 g/mol. The average molecular weight is 144 g/mol. The molecule has 2 N–H and O–H groups in total. The molecule has 60 valence electrons. The third-order valence-electron chi connectivity index (χ3n) is 1.77. The number of carbonyl (C=O) groups is 1. The molecular formula is C7H16N2O. The van der Waals surface area contributed by atoms with E-state index in [1.54, 1.807) is 0 Å². The Morgan fingerprint density at radius 2 is 1.90 bits per heavy atom. The van der Waals surface area contributed by atoms with Crippen molar-refractivity contribution in [2.24, 2.45) is 5.73 Å². The molecule has 3 nitrogen and oxygen atoms in total. The molecule has 0 aromatic carbocycles. The van der Waals surface area contributed by atoms with E-state index in [4.69, 9.17) is 5.73 Å². The van der Waals surface area contributed by atoms with Crippen LogP contribution in [0.15, 0.2) is 0 Å². The standard InChI is InChI=1S/C7H16N2O/c1-4-9(5-2)6(3)7(8)10/h6H,4-5H2,1-3H3,(H2,8,10)/t6-/m1/s1. The van der Waals surface area contributed by atoms with Crippen LogP contribution in [0.2, 0.25) is 0 Å². The van der Waals surface area contributed by atoms with Crippen molar-refractivity contribution in [3.63, 3.8) is 0 Å². The van der Waals surface area contributed by atoms with E-state index in [1.807, 2.05) is 25.7 Å². The molecule has 0 saturated heterocycles. The van der Waals surface area contributed by atoms with E-state index in [9.17, 15) is 4.79 Å². The summed E-state index contributed by atoms with van der Waals surface area (Å²) in [6.45, 7) is 7.61. The van der Waals surface area contributed by atoms with E-state index >= 15 is 0 Å². The molecule has 0 heterocycles. The van der Waals surface area contributed by atoms with E-state index in [1.165, 1.54) is 0 Å². The Balaban J connectivity index is 3.88. The molecule has 0 unspecified atom stereocenters. The van der Waals surface area contributed by atoms with Gasteiger partial charge in [0.25, 0.3) is 0 Å². The summed E-state index contributed by atoms with van der Waals surface area (Å²) in [5, 5.41) is 0. The van der Waals surface area contributed by atoms with Gasteiger partial charge in [0.05, 0.1) is 6.04 Å². The maximum absolute atomic E-state index is 10.6. The SMILES string of the molecule is CCN(CC)[C@H](C)C(N)=O. The quantitative estimate of drug-likeness (QED) is 0.612. The Morgan fingerprint density at radius 3 is 2.00 bits per heavy atom. The van der Waals surface area contributed by atoms with Crippen LogP contribution in [0.3, 0.4) is 0 Å². The van der Waals surface area contributed by atoms with Gasteiger partial charge >= 0.3 is 0 Å². The highest BCUT2D eigenvalue weighted by atomic mass is 16.1. The second-order valence-corrected chi connectivity index (χ2v) is 2.30. The zero-order chi connectivity index (χ0) is 8.15. The van der Waals surface area contributed by atoms with Crippen molar-refractivity contribution in [2.75, 3.05) is 13.1 Å². The molecule has 1 amide bonds. The van der Waals surface area contributed by atoms with E-state index in [0.29, 0.717) is 0 Å². The summed E-state index contributed by atoms with van der Waals surface area (Å²) in [6.07, 6.45) is 0. The molecule has 0 aromatic heterocycles. The Morgan fingerprint density at radius 1 is 1.50 bits per heavy atom. The Kier molecular flexibility index (Phi) is 4.03. The van der Waals surface area contributed by atoms with Crippen molar-refractivity contribution in [3.05, 3.63) is 0 Å². The van der Waals surface area contributed by atoms with Crippen molar-refractivity contribution in [2.45, 2.75) is 26.8 Å². The van der Waals surface area contributed by atoms with Gasteiger partial charge in [-0.2, -0.15) is 0 Å². The van der Waals surface area contributed by atoms with Gasteiger partial charge in [-0.1, -0.05) is 13.8 Å². The molecule has 0 saturated carbocycles. The number of amides is 1. The van der Waals surface area contributed by atoms with Gasteiger partial charge in [0, 0.05) is 0 Å². The highest BCUT2D eigenvalue weighted by Crippen LogP contribution is 1.95. The minimum atomic E-state index is -0.247. The largest absolute Gasteiger partial charge is 0.368 e. The van der Waals surface area contributed by atoms with Gasteiger partial charge in [-0.3, -0.25) is 9.69 Å². The number of carbonyl (C=O) groups excluding carboxylic acids is 1. The maximum Gasteiger partial charge on any atom is 0.234 e. The lowest BCUT2D eigenvalue weighted by molar-refractivity contribution is -0.122. The van der Waals surface area contributed by atoms with E-state index in [0.717, 1.165) is 13.1 Å². The van der Waals surface area contributed by atoms with Crippen LogP contribution >= 0.6 is 0 Å². The summed E-state index contributed by atoms with van der Waals surface area (Å²) in [5.74, 6) is -0.247. The minimum Gasteiger partial charge on any atom is -0.368 e. The fraction of sp³-hybridized carbons (Fsp3) is 0.857. The molecule has 0 aliphatic heterocycles. The van der Waals surface area contributed by atoms with E-state index in [2.05, 4.69) is 0 Å². The van der Waals surface area contributed by atoms with Crippen molar-refractivity contribution in [1.29, 1.82) is 0 Å². The van der Waals surface area contributed by atoms with Crippen LogP contribution < -0.4 is 5.73 Å². The molecule has 0 aliphatic carbocycles. The number of primary amides is 1. The van der Waals surface area contributed by atoms with Gasteiger partial charge in [-0.25, -0.2) is 0 Å². The maximum atomic E-state index is 10.6. The highest BCUT2D eigenvalue weighted by molar-refractivity contribution is 5.79. The number of nitrogens with zero attached hydrogens (tertiary/aromatic N) is 1. The minimum absolute atomic E-state index is 0.130. The molecule has 0 rings (SSSR count). The molecule has 3 heteroatoms. The van der Waals surface area contributed by atoms with Crippen molar-refractivity contribution in [1.82, 2.24) is 4.90 Å². The molecule has 1 atom stereocenters. The topological polar surface area (TPSA) is 46.3 Å². The van der Waals surface area contributed by atoms with Crippen LogP contribution in [-0.2, 0) is 4.79 Å². The van der Waals surface area contributed by atoms with Gasteiger partial charge in [0.1, 0.15) is 0 Å². The summed E-state index contributed by atoms with van der Waals surface area (Å²) < 4.78 is 0. The Labute approximate surface area is 62.2 Å². The van der Waals surface area contributed by atoms with Gasteiger partial charge in [0.15, 0.2) is 0 Å². The Bertz CT molecular complexity index is 110. The lowest BCUT2D eigenvalue weighted by Crippen LogP contribution is -2.42. The summed E-state index contributed by atoms with van der Waals surface area (Å²) in [7, 11) is 0. The Hall–Kier alpha value is -0.570. The van der Waals surface area contributed by atoms with Gasteiger partial charge in [-0.15, -0.1) is 0 Å². The van der Waals surface area contributed by atoms with Crippen molar-refractivity contribution < 1.29 is 4.79 Å². The molecule has 0 fully saturated rings. The predicted molar refractivity (Wildman–Crippen MR) is 41.6 cm³/mol. The van der Waals surface area contributed by atoms with Crippen molar-refractivity contribution in [3.8, 4) is 0 Å². The van der Waals surface area contributed by atoms with Crippen LogP contribution in [0.25, 0.3) is 0 Å². The first-order chi connectivity index (χ1) is 4.63. The van der Waals surface area contributed by atoms with E-state index in [-0.39, 0.29) is 11.9 Å². The number of rotatable bonds is 4. The van der Waals surface area contributed by atoms with Crippen molar-refractivity contribution >= 4 is 5.91 Å². The van der Waals surface area contributed by atoms with Gasteiger partial charge in [-0.05, 0) is 20.0 Å². The molecule has 0 spiro atoms. The molecule has 0 bridgehead atoms. The summed E-state index contributed by atoms with van der Waals surface area (Å²) >= 11 is 0. The van der Waals surface area contributed by atoms with Crippen LogP contribution in [0.4, 0.5) is 0 Å². The molecule has 10 heavy (non-hydrogen) atoms. The average Bonchev–Trinajstić information content (AvgIpc) is 1.90. The number of likely N-dealkylation sites (N-methyl/N-ethyl adjacent to an activating group) is 1. The monoisotopic (exact) mass is 144 g/mol. The van der Waals surface area contributed by atoms with Crippen LogP contribution in [0, 0.1) is 0 Å². The lowest BCUT2D eigenvalue weighted by Gasteiger charge is -2.22. The first kappa shape index (κ1) is 9.43. The van der Waals surface area contributed by atoms with Gasteiger partial charge < -0.3 is 5.73 Å². The molecule has 0 radical (unpaired) electrons. The van der Waals surface area contributed by atoms with Crippen LogP contribution in [0.5, 0.6) is 0 Å². The normalized spacial score (nSPS) is 13.6. The zero-order valence-electron chi connectivity index (χ0n) is 6.92. The highest BCUT2D eigenvalue weighted by Gasteiger charge is 2.14. The smallest absolute Gasteiger partial charge is 0.234 e. The zero-order valence-corrected chi connectivity index (χ0v) is 6.92. The number of nitrogens with two attached hydrogens (primary N) is 1. The predicted octanol–water partition coefficient (Wildman–Crippen LogP) is 0.202. The second kappa shape index (κ2) is 4.28. The molecule has 0 aliphatic rings. The number of hydrogen-bond acceptors (Lipinski definition) is 2. The third kappa shape index (κ3) is 2.35. The number of hydrogen-bond donors (Lipinski definition) is 1. The van der Waals surface area contributed by atoms with Gasteiger partial charge in [0.2, 0.25) is 5.91 Å². The fourth-order valence-corrected chi connectivity index (χ4v) is 0.951. The third-order valence-corrected chi connectivity index (χ3v) is 1.77. The second-order valence-electron chi connectivity index (χ2n) is 2.30. The molecule has 0 aromatic rings. The van der Waals surface area contributed by atoms with E-state index < -0.39 is 0 Å². The first-order valence-electron chi connectivity index (χ1n) is 3.66. The summed E-state index contributed by atoms with van der Waals surface area (Å²) in [5.41, 5.74) is 5.11. The first-order valence-corrected chi connectivity index (χ1v) is 3.66. The fourth-order valence-electron chi connectivity index (χ4n) is 0.951. The lowest BCUT2D eigenvalue weighted by atomic mass is 10.3. The summed E-state index contributed by atoms with van der Waals surface area (Å²) in [6, 6.07) is -0.130.